The van der Waals surface area contributed by atoms with Crippen molar-refractivity contribution in [2.75, 3.05) is 7.11 Å². The van der Waals surface area contributed by atoms with Crippen LogP contribution in [0.3, 0.4) is 0 Å². The topological polar surface area (TPSA) is 118 Å². The summed E-state index contributed by atoms with van der Waals surface area (Å²) in [5.41, 5.74) is 3.92. The quantitative estimate of drug-likeness (QED) is 0.131. The van der Waals surface area contributed by atoms with Crippen molar-refractivity contribution in [1.29, 1.82) is 0 Å². The normalized spacial score (nSPS) is 16.7. The molecule has 0 unspecified atom stereocenters. The smallest absolute Gasteiger partial charge is 0.243 e. The van der Waals surface area contributed by atoms with Crippen molar-refractivity contribution in [2.45, 2.75) is 96.1 Å². The first-order chi connectivity index (χ1) is 24.9. The summed E-state index contributed by atoms with van der Waals surface area (Å²) in [4.78, 5) is 29.5. The second-order valence-corrected chi connectivity index (χ2v) is 15.1. The van der Waals surface area contributed by atoms with Crippen LogP contribution in [0.2, 0.25) is 0 Å². The van der Waals surface area contributed by atoms with Gasteiger partial charge in [0.15, 0.2) is 6.29 Å². The lowest BCUT2D eigenvalue weighted by Gasteiger charge is -2.37. The first-order valence-corrected chi connectivity index (χ1v) is 18.2. The largest absolute Gasteiger partial charge is 0.497 e. The van der Waals surface area contributed by atoms with Crippen molar-refractivity contribution < 1.29 is 34.0 Å². The van der Waals surface area contributed by atoms with Crippen LogP contribution in [0.4, 0.5) is 0 Å². The van der Waals surface area contributed by atoms with E-state index in [4.69, 9.17) is 14.2 Å². The van der Waals surface area contributed by atoms with Crippen LogP contribution >= 0.6 is 0 Å². The molecule has 1 aliphatic carbocycles. The summed E-state index contributed by atoms with van der Waals surface area (Å²) in [6.07, 6.45) is 3.33. The van der Waals surface area contributed by atoms with E-state index in [2.05, 4.69) is 38.2 Å². The van der Waals surface area contributed by atoms with E-state index in [0.29, 0.717) is 36.0 Å². The number of nitrogens with one attached hydrogen (secondary N) is 1. The van der Waals surface area contributed by atoms with Crippen molar-refractivity contribution in [3.8, 4) is 28.7 Å². The van der Waals surface area contributed by atoms with Crippen molar-refractivity contribution >= 4 is 11.8 Å². The lowest BCUT2D eigenvalue weighted by molar-refractivity contribution is -0.144. The fraction of sp³-hybridized carbons (Fsp3) is 0.395. The monoisotopic (exact) mass is 706 g/mol. The van der Waals surface area contributed by atoms with E-state index in [1.807, 2.05) is 66.7 Å². The standard InChI is InChI=1S/C43H50N2O7/c1-43(2,3)32-12-17-35(18-13-32)52-37-16-11-30-26-39(45(27-31(30)25-37)40(46)24-28-7-5-6-8-28)41(47)44-38(42(48)49)23-29-9-14-34(15-10-29)51-36-21-19-33(50-4)20-22-36/h9-22,25,28,38-39,42,48-49H,5-8,23-24,26-27H2,1-4H3,(H,44,47)/t38-,39-/m0/s1. The summed E-state index contributed by atoms with van der Waals surface area (Å²) in [6.45, 7) is 6.78. The van der Waals surface area contributed by atoms with Gasteiger partial charge in [-0.15, -0.1) is 0 Å². The Bertz CT molecular complexity index is 1810. The van der Waals surface area contributed by atoms with Crippen molar-refractivity contribution in [2.24, 2.45) is 5.92 Å². The number of ether oxygens (including phenoxy) is 3. The van der Waals surface area contributed by atoms with Crippen molar-refractivity contribution in [3.05, 3.63) is 113 Å². The van der Waals surface area contributed by atoms with Crippen LogP contribution in [-0.4, -0.2) is 52.4 Å². The van der Waals surface area contributed by atoms with E-state index >= 15 is 0 Å². The number of fused-ring (bicyclic) bond motifs is 1. The Balaban J connectivity index is 1.15. The van der Waals surface area contributed by atoms with Crippen LogP contribution in [0.5, 0.6) is 28.7 Å². The number of aliphatic hydroxyl groups is 2. The first-order valence-electron chi connectivity index (χ1n) is 18.2. The van der Waals surface area contributed by atoms with E-state index in [0.717, 1.165) is 53.9 Å². The van der Waals surface area contributed by atoms with Gasteiger partial charge in [-0.2, -0.15) is 0 Å². The van der Waals surface area contributed by atoms with Crippen LogP contribution in [-0.2, 0) is 34.4 Å². The molecular formula is C43H50N2O7. The van der Waals surface area contributed by atoms with Gasteiger partial charge in [0, 0.05) is 19.4 Å². The third-order valence-corrected chi connectivity index (χ3v) is 10.2. The Morgan fingerprint density at radius 3 is 1.94 bits per heavy atom. The molecule has 4 aromatic rings. The Morgan fingerprint density at radius 1 is 0.788 bits per heavy atom. The number of rotatable bonds is 12. The molecule has 0 aromatic heterocycles. The third-order valence-electron chi connectivity index (χ3n) is 10.2. The van der Waals surface area contributed by atoms with Crippen LogP contribution in [0.15, 0.2) is 91.0 Å². The second kappa shape index (κ2) is 16.2. The summed E-state index contributed by atoms with van der Waals surface area (Å²) in [5, 5.41) is 23.6. The predicted molar refractivity (Wildman–Crippen MR) is 200 cm³/mol. The molecule has 0 bridgehead atoms. The van der Waals surface area contributed by atoms with Gasteiger partial charge in [-0.1, -0.05) is 63.9 Å². The average Bonchev–Trinajstić information content (AvgIpc) is 3.64. The molecule has 2 aliphatic rings. The van der Waals surface area contributed by atoms with Gasteiger partial charge in [-0.25, -0.2) is 0 Å². The molecule has 1 heterocycles. The van der Waals surface area contributed by atoms with Gasteiger partial charge in [0.25, 0.3) is 0 Å². The number of carbonyl (C=O) groups is 2. The second-order valence-electron chi connectivity index (χ2n) is 15.1. The molecule has 3 N–H and O–H groups in total. The zero-order valence-corrected chi connectivity index (χ0v) is 30.5. The third kappa shape index (κ3) is 9.32. The number of carbonyl (C=O) groups excluding carboxylic acids is 2. The van der Waals surface area contributed by atoms with Gasteiger partial charge in [-0.05, 0) is 114 Å². The molecule has 0 saturated heterocycles. The maximum atomic E-state index is 14.0. The Kier molecular flexibility index (Phi) is 11.5. The lowest BCUT2D eigenvalue weighted by Crippen LogP contribution is -2.56. The average molecular weight is 707 g/mol. The molecule has 1 aliphatic heterocycles. The summed E-state index contributed by atoms with van der Waals surface area (Å²) in [5.74, 6) is 3.22. The van der Waals surface area contributed by atoms with Crippen LogP contribution in [0.1, 0.15) is 75.1 Å². The molecule has 2 amide bonds. The van der Waals surface area contributed by atoms with Crippen LogP contribution in [0, 0.1) is 5.92 Å². The van der Waals surface area contributed by atoms with E-state index in [1.165, 1.54) is 5.56 Å². The number of benzene rings is 4. The number of methoxy groups -OCH3 is 1. The van der Waals surface area contributed by atoms with Gasteiger partial charge in [0.2, 0.25) is 11.8 Å². The highest BCUT2D eigenvalue weighted by Gasteiger charge is 2.37. The molecule has 274 valence electrons. The Morgan fingerprint density at radius 2 is 1.35 bits per heavy atom. The van der Waals surface area contributed by atoms with E-state index in [9.17, 15) is 19.8 Å². The Hall–Kier alpha value is -4.86. The van der Waals surface area contributed by atoms with Crippen molar-refractivity contribution in [1.82, 2.24) is 10.2 Å². The highest BCUT2D eigenvalue weighted by molar-refractivity contribution is 5.89. The molecule has 2 atom stereocenters. The summed E-state index contributed by atoms with van der Waals surface area (Å²) in [7, 11) is 1.61. The summed E-state index contributed by atoms with van der Waals surface area (Å²) < 4.78 is 17.3. The maximum absolute atomic E-state index is 14.0. The first kappa shape index (κ1) is 36.9. The number of amides is 2. The molecule has 9 heteroatoms. The minimum absolute atomic E-state index is 0.0385. The van der Waals surface area contributed by atoms with Crippen LogP contribution in [0.25, 0.3) is 0 Å². The molecule has 9 nitrogen and oxygen atoms in total. The Labute approximate surface area is 306 Å². The zero-order valence-electron chi connectivity index (χ0n) is 30.5. The fourth-order valence-corrected chi connectivity index (χ4v) is 7.10. The molecule has 6 rings (SSSR count). The van der Waals surface area contributed by atoms with Gasteiger partial charge >= 0.3 is 0 Å². The summed E-state index contributed by atoms with van der Waals surface area (Å²) >= 11 is 0. The van der Waals surface area contributed by atoms with Gasteiger partial charge in [-0.3, -0.25) is 9.59 Å². The van der Waals surface area contributed by atoms with Crippen molar-refractivity contribution in [3.63, 3.8) is 0 Å². The number of hydrogen-bond acceptors (Lipinski definition) is 7. The minimum Gasteiger partial charge on any atom is -0.497 e. The molecule has 1 fully saturated rings. The van der Waals surface area contributed by atoms with Crippen LogP contribution < -0.4 is 19.5 Å². The molecule has 0 spiro atoms. The number of hydrogen-bond donors (Lipinski definition) is 3. The number of nitrogens with zero attached hydrogens (tertiary/aromatic N) is 1. The van der Waals surface area contributed by atoms with Gasteiger partial charge < -0.3 is 34.6 Å². The molecule has 0 radical (unpaired) electrons. The molecular weight excluding hydrogens is 656 g/mol. The number of aliphatic hydroxyl groups excluding tert-OH is 1. The SMILES string of the molecule is COc1ccc(Oc2ccc(C[C@H](NC(=O)[C@@H]3Cc4ccc(Oc5ccc(C(C)(C)C)cc5)cc4CN3C(=O)CC3CCCC3)C(O)O)cc2)cc1. The van der Waals surface area contributed by atoms with E-state index in [1.54, 1.807) is 24.1 Å². The summed E-state index contributed by atoms with van der Waals surface area (Å²) in [6, 6.07) is 26.6. The zero-order chi connectivity index (χ0) is 36.8. The highest BCUT2D eigenvalue weighted by Crippen LogP contribution is 2.34. The van der Waals surface area contributed by atoms with E-state index in [-0.39, 0.29) is 24.3 Å². The van der Waals surface area contributed by atoms with Gasteiger partial charge in [0.1, 0.15) is 34.8 Å². The minimum atomic E-state index is -1.81. The fourth-order valence-electron chi connectivity index (χ4n) is 7.10. The lowest BCUT2D eigenvalue weighted by atomic mass is 9.87. The predicted octanol–water partition coefficient (Wildman–Crippen LogP) is 7.45. The highest BCUT2D eigenvalue weighted by atomic mass is 16.5. The maximum Gasteiger partial charge on any atom is 0.243 e. The van der Waals surface area contributed by atoms with E-state index < -0.39 is 24.3 Å². The molecule has 4 aromatic carbocycles. The molecule has 52 heavy (non-hydrogen) atoms. The van der Waals surface area contributed by atoms with Gasteiger partial charge in [0.05, 0.1) is 13.2 Å². The molecule has 1 saturated carbocycles.